The molecule has 7 nitrogen and oxygen atoms in total. The first kappa shape index (κ1) is 16.6. The molecule has 24 heavy (non-hydrogen) atoms. The molecule has 0 spiro atoms. The summed E-state index contributed by atoms with van der Waals surface area (Å²) in [4.78, 5) is 18.3. The van der Waals surface area contributed by atoms with Gasteiger partial charge in [0.1, 0.15) is 12.7 Å². The molecule has 3 heterocycles. The Hall–Kier alpha value is -2.25. The SMILES string of the molecule is CN(C(=O)COCc1ccnn1C)[C@H]1CCO[C@@H]1c1cccnc1. The van der Waals surface area contributed by atoms with Crippen molar-refractivity contribution in [2.24, 2.45) is 7.05 Å². The van der Waals surface area contributed by atoms with Crippen LogP contribution < -0.4 is 0 Å². The van der Waals surface area contributed by atoms with Gasteiger partial charge in [-0.25, -0.2) is 0 Å². The summed E-state index contributed by atoms with van der Waals surface area (Å²) in [6.45, 7) is 1.04. The molecule has 1 saturated heterocycles. The van der Waals surface area contributed by atoms with E-state index < -0.39 is 0 Å². The highest BCUT2D eigenvalue weighted by Gasteiger charge is 2.34. The van der Waals surface area contributed by atoms with Crippen molar-refractivity contribution in [3.05, 3.63) is 48.0 Å². The van der Waals surface area contributed by atoms with Gasteiger partial charge in [-0.15, -0.1) is 0 Å². The molecule has 2 aromatic heterocycles. The lowest BCUT2D eigenvalue weighted by Gasteiger charge is -2.28. The summed E-state index contributed by atoms with van der Waals surface area (Å²) in [5, 5.41) is 4.07. The van der Waals surface area contributed by atoms with Crippen molar-refractivity contribution in [2.75, 3.05) is 20.3 Å². The number of hydrogen-bond donors (Lipinski definition) is 0. The standard InChI is InChI=1S/C17H22N4O3/c1-20(16(22)12-23-11-14-5-8-19-21(14)2)15-6-9-24-17(15)13-4-3-7-18-10-13/h3-5,7-8,10,15,17H,6,9,11-12H2,1-2H3/t15-,17+/m0/s1. The Balaban J connectivity index is 1.55. The Labute approximate surface area is 141 Å². The Morgan fingerprint density at radius 2 is 2.33 bits per heavy atom. The van der Waals surface area contributed by atoms with Crippen molar-refractivity contribution in [1.82, 2.24) is 19.7 Å². The molecule has 2 atom stereocenters. The first-order chi connectivity index (χ1) is 11.7. The maximum absolute atomic E-state index is 12.4. The summed E-state index contributed by atoms with van der Waals surface area (Å²) in [7, 11) is 3.65. The van der Waals surface area contributed by atoms with Crippen LogP contribution in [0.15, 0.2) is 36.8 Å². The molecule has 0 N–H and O–H groups in total. The van der Waals surface area contributed by atoms with Gasteiger partial charge in [-0.3, -0.25) is 14.5 Å². The van der Waals surface area contributed by atoms with Crippen LogP contribution in [-0.2, 0) is 27.9 Å². The summed E-state index contributed by atoms with van der Waals surface area (Å²) in [6, 6.07) is 5.74. The van der Waals surface area contributed by atoms with Crippen LogP contribution in [0.3, 0.4) is 0 Å². The first-order valence-electron chi connectivity index (χ1n) is 7.98. The molecule has 0 unspecified atom stereocenters. The van der Waals surface area contributed by atoms with Crippen LogP contribution in [0.4, 0.5) is 0 Å². The maximum atomic E-state index is 12.4. The fourth-order valence-electron chi connectivity index (χ4n) is 2.91. The molecule has 0 bridgehead atoms. The van der Waals surface area contributed by atoms with E-state index in [1.54, 1.807) is 35.2 Å². The molecule has 0 aliphatic carbocycles. The molecule has 1 aliphatic heterocycles. The monoisotopic (exact) mass is 330 g/mol. The fourth-order valence-corrected chi connectivity index (χ4v) is 2.91. The van der Waals surface area contributed by atoms with Crippen LogP contribution in [0.1, 0.15) is 23.8 Å². The largest absolute Gasteiger partial charge is 0.371 e. The molecule has 1 amide bonds. The number of aryl methyl sites for hydroxylation is 1. The van der Waals surface area contributed by atoms with Gasteiger partial charge in [-0.2, -0.15) is 5.10 Å². The van der Waals surface area contributed by atoms with E-state index in [2.05, 4.69) is 10.1 Å². The van der Waals surface area contributed by atoms with E-state index >= 15 is 0 Å². The molecule has 0 aromatic carbocycles. The van der Waals surface area contributed by atoms with Crippen molar-refractivity contribution >= 4 is 5.91 Å². The highest BCUT2D eigenvalue weighted by atomic mass is 16.5. The number of carbonyl (C=O) groups excluding carboxylic acids is 1. The molecule has 0 saturated carbocycles. The minimum Gasteiger partial charge on any atom is -0.371 e. The quantitative estimate of drug-likeness (QED) is 0.799. The zero-order chi connectivity index (χ0) is 16.9. The van der Waals surface area contributed by atoms with Crippen LogP contribution in [0.2, 0.25) is 0 Å². The van der Waals surface area contributed by atoms with Crippen LogP contribution in [0, 0.1) is 0 Å². The minimum absolute atomic E-state index is 0.00185. The second-order valence-corrected chi connectivity index (χ2v) is 5.88. The van der Waals surface area contributed by atoms with Crippen molar-refractivity contribution < 1.29 is 14.3 Å². The van der Waals surface area contributed by atoms with Crippen LogP contribution in [0.25, 0.3) is 0 Å². The number of nitrogens with zero attached hydrogens (tertiary/aromatic N) is 4. The number of carbonyl (C=O) groups is 1. The molecule has 7 heteroatoms. The predicted octanol–water partition coefficient (Wildman–Crippen LogP) is 1.32. The number of pyridine rings is 1. The van der Waals surface area contributed by atoms with Gasteiger partial charge < -0.3 is 14.4 Å². The second-order valence-electron chi connectivity index (χ2n) is 5.88. The first-order valence-corrected chi connectivity index (χ1v) is 7.98. The van der Waals surface area contributed by atoms with E-state index in [0.29, 0.717) is 13.2 Å². The number of aromatic nitrogens is 3. The molecular weight excluding hydrogens is 308 g/mol. The third-order valence-electron chi connectivity index (χ3n) is 4.36. The Morgan fingerprint density at radius 1 is 1.46 bits per heavy atom. The van der Waals surface area contributed by atoms with E-state index in [0.717, 1.165) is 17.7 Å². The van der Waals surface area contributed by atoms with Crippen LogP contribution in [0.5, 0.6) is 0 Å². The molecule has 128 valence electrons. The number of likely N-dealkylation sites (N-methyl/N-ethyl adjacent to an activating group) is 1. The third-order valence-corrected chi connectivity index (χ3v) is 4.36. The van der Waals surface area contributed by atoms with Gasteiger partial charge in [0.05, 0.1) is 18.3 Å². The number of ether oxygens (including phenoxy) is 2. The van der Waals surface area contributed by atoms with Gasteiger partial charge in [-0.1, -0.05) is 6.07 Å². The lowest BCUT2D eigenvalue weighted by Crippen LogP contribution is -2.40. The third kappa shape index (κ3) is 3.63. The lowest BCUT2D eigenvalue weighted by atomic mass is 10.0. The molecule has 1 aliphatic rings. The van der Waals surface area contributed by atoms with Crippen molar-refractivity contribution in [3.8, 4) is 0 Å². The summed E-state index contributed by atoms with van der Waals surface area (Å²) in [6.07, 6.45) is 5.91. The maximum Gasteiger partial charge on any atom is 0.248 e. The zero-order valence-electron chi connectivity index (χ0n) is 14.0. The van der Waals surface area contributed by atoms with E-state index in [4.69, 9.17) is 9.47 Å². The fraction of sp³-hybridized carbons (Fsp3) is 0.471. The molecular formula is C17H22N4O3. The number of amides is 1. The van der Waals surface area contributed by atoms with E-state index in [1.807, 2.05) is 25.2 Å². The van der Waals surface area contributed by atoms with Gasteiger partial charge >= 0.3 is 0 Å². The highest BCUT2D eigenvalue weighted by Crippen LogP contribution is 2.31. The van der Waals surface area contributed by atoms with E-state index in [1.165, 1.54) is 0 Å². The van der Waals surface area contributed by atoms with Crippen LogP contribution in [-0.4, -0.2) is 51.9 Å². The second kappa shape index (κ2) is 7.55. The normalized spacial score (nSPS) is 20.2. The predicted molar refractivity (Wildman–Crippen MR) is 87.0 cm³/mol. The topological polar surface area (TPSA) is 69.5 Å². The minimum atomic E-state index is -0.135. The lowest BCUT2D eigenvalue weighted by molar-refractivity contribution is -0.138. The smallest absolute Gasteiger partial charge is 0.248 e. The van der Waals surface area contributed by atoms with Crippen molar-refractivity contribution in [3.63, 3.8) is 0 Å². The number of rotatable bonds is 6. The van der Waals surface area contributed by atoms with E-state index in [9.17, 15) is 4.79 Å². The number of hydrogen-bond acceptors (Lipinski definition) is 5. The summed E-state index contributed by atoms with van der Waals surface area (Å²) < 4.78 is 13.1. The van der Waals surface area contributed by atoms with Crippen LogP contribution >= 0.6 is 0 Å². The Morgan fingerprint density at radius 3 is 3.04 bits per heavy atom. The van der Waals surface area contributed by atoms with E-state index in [-0.39, 0.29) is 24.7 Å². The van der Waals surface area contributed by atoms with Gasteiger partial charge in [0.2, 0.25) is 5.91 Å². The van der Waals surface area contributed by atoms with Gasteiger partial charge in [-0.05, 0) is 18.6 Å². The van der Waals surface area contributed by atoms with Crippen molar-refractivity contribution in [2.45, 2.75) is 25.2 Å². The molecule has 3 rings (SSSR count). The van der Waals surface area contributed by atoms with Gasteiger partial charge in [0, 0.05) is 44.9 Å². The highest BCUT2D eigenvalue weighted by molar-refractivity contribution is 5.77. The Bertz CT molecular complexity index is 673. The Kier molecular flexibility index (Phi) is 5.22. The average molecular weight is 330 g/mol. The summed E-state index contributed by atoms with van der Waals surface area (Å²) in [5.41, 5.74) is 1.93. The van der Waals surface area contributed by atoms with Crippen molar-refractivity contribution in [1.29, 1.82) is 0 Å². The summed E-state index contributed by atoms with van der Waals surface area (Å²) in [5.74, 6) is -0.0541. The zero-order valence-corrected chi connectivity index (χ0v) is 14.0. The summed E-state index contributed by atoms with van der Waals surface area (Å²) >= 11 is 0. The molecule has 2 aromatic rings. The van der Waals surface area contributed by atoms with Gasteiger partial charge in [0.15, 0.2) is 0 Å². The van der Waals surface area contributed by atoms with Gasteiger partial charge in [0.25, 0.3) is 0 Å². The molecule has 0 radical (unpaired) electrons. The average Bonchev–Trinajstić information content (AvgIpc) is 3.24. The molecule has 1 fully saturated rings.